The van der Waals surface area contributed by atoms with E-state index in [2.05, 4.69) is 31.3 Å². The summed E-state index contributed by atoms with van der Waals surface area (Å²) in [4.78, 5) is 13.3. The number of rotatable bonds is 60. The number of aliphatic hydroxyl groups excluding tert-OH is 8. The smallest absolute Gasteiger partial charge is 0.220 e. The highest BCUT2D eigenvalue weighted by atomic mass is 16.7. The zero-order chi connectivity index (χ0) is 61.6. The molecule has 2 heterocycles. The summed E-state index contributed by atoms with van der Waals surface area (Å²) in [5.41, 5.74) is 0. The fourth-order valence-corrected chi connectivity index (χ4v) is 12.1. The Kier molecular flexibility index (Phi) is 52.8. The van der Waals surface area contributed by atoms with Crippen LogP contribution in [0.2, 0.25) is 0 Å². The topological polar surface area (TPSA) is 228 Å². The van der Waals surface area contributed by atoms with E-state index in [1.165, 1.54) is 263 Å². The molecule has 0 aliphatic carbocycles. The molecule has 0 saturated carbocycles. The number of ether oxygens (including phenoxy) is 4. The number of hydrogen-bond donors (Lipinski definition) is 9. The Labute approximate surface area is 519 Å². The number of nitrogens with one attached hydrogen (secondary N) is 1. The Bertz CT molecular complexity index is 1520. The Morgan fingerprint density at radius 3 is 1.15 bits per heavy atom. The SMILES string of the molecule is CCCCCCCCCCCCCCC/C=C/CC/C=C/C(O)C(COC1OC(CO)C(OC2OC(CO)C(O)C(O)C2O)C(O)C1O)NC(=O)CCCCCCCCCCCCCCCCCCCCCCCCCCCCCCCCCC. The minimum Gasteiger partial charge on any atom is -0.394 e. The third kappa shape index (κ3) is 40.8. The molecule has 2 aliphatic rings. The fourth-order valence-electron chi connectivity index (χ4n) is 12.1. The van der Waals surface area contributed by atoms with Gasteiger partial charge in [-0.2, -0.15) is 0 Å². The van der Waals surface area contributed by atoms with E-state index in [4.69, 9.17) is 18.9 Å². The van der Waals surface area contributed by atoms with Crippen molar-refractivity contribution in [3.05, 3.63) is 24.3 Å². The average molecular weight is 1210 g/mol. The van der Waals surface area contributed by atoms with Crippen molar-refractivity contribution in [1.29, 1.82) is 0 Å². The Hall–Kier alpha value is -1.53. The van der Waals surface area contributed by atoms with Crippen LogP contribution < -0.4 is 5.32 Å². The van der Waals surface area contributed by atoms with Gasteiger partial charge < -0.3 is 65.1 Å². The van der Waals surface area contributed by atoms with Crippen LogP contribution in [0.15, 0.2) is 24.3 Å². The van der Waals surface area contributed by atoms with Gasteiger partial charge in [0.25, 0.3) is 0 Å². The molecule has 12 atom stereocenters. The van der Waals surface area contributed by atoms with Crippen molar-refractivity contribution >= 4 is 5.91 Å². The van der Waals surface area contributed by atoms with Gasteiger partial charge in [-0.3, -0.25) is 4.79 Å². The van der Waals surface area contributed by atoms with E-state index in [1.807, 2.05) is 6.08 Å². The van der Waals surface area contributed by atoms with Crippen LogP contribution in [0.1, 0.15) is 328 Å². The molecule has 2 rings (SSSR count). The molecule has 9 N–H and O–H groups in total. The van der Waals surface area contributed by atoms with Crippen LogP contribution in [0.3, 0.4) is 0 Å². The maximum absolute atomic E-state index is 13.3. The molecule has 14 heteroatoms. The van der Waals surface area contributed by atoms with E-state index in [1.54, 1.807) is 6.08 Å². The monoisotopic (exact) mass is 1210 g/mol. The molecule has 85 heavy (non-hydrogen) atoms. The van der Waals surface area contributed by atoms with E-state index in [-0.39, 0.29) is 18.9 Å². The molecule has 0 bridgehead atoms. The first kappa shape index (κ1) is 79.6. The number of amides is 1. The maximum Gasteiger partial charge on any atom is 0.220 e. The predicted octanol–water partition coefficient (Wildman–Crippen LogP) is 14.7. The van der Waals surface area contributed by atoms with Crippen LogP contribution in [-0.2, 0) is 23.7 Å². The summed E-state index contributed by atoms with van der Waals surface area (Å²) in [6.07, 6.45) is 54.0. The summed E-state index contributed by atoms with van der Waals surface area (Å²) < 4.78 is 22.8. The van der Waals surface area contributed by atoms with Gasteiger partial charge in [-0.1, -0.05) is 314 Å². The third-order valence-corrected chi connectivity index (χ3v) is 17.9. The van der Waals surface area contributed by atoms with Crippen LogP contribution in [0.25, 0.3) is 0 Å². The van der Waals surface area contributed by atoms with Crippen LogP contribution in [-0.4, -0.2) is 140 Å². The number of allylic oxidation sites excluding steroid dienone is 3. The van der Waals surface area contributed by atoms with Gasteiger partial charge in [0.05, 0.1) is 32.0 Å². The summed E-state index contributed by atoms with van der Waals surface area (Å²) in [6.45, 7) is 2.83. The minimum atomic E-state index is -1.79. The van der Waals surface area contributed by atoms with Gasteiger partial charge in [0.2, 0.25) is 5.91 Å². The van der Waals surface area contributed by atoms with Gasteiger partial charge in [0.15, 0.2) is 12.6 Å². The highest BCUT2D eigenvalue weighted by Crippen LogP contribution is 2.30. The van der Waals surface area contributed by atoms with Crippen molar-refractivity contribution in [2.45, 2.75) is 402 Å². The minimum absolute atomic E-state index is 0.242. The molecule has 1 amide bonds. The van der Waals surface area contributed by atoms with Gasteiger partial charge >= 0.3 is 0 Å². The molecular weight excluding hydrogens is 1070 g/mol. The van der Waals surface area contributed by atoms with Crippen LogP contribution in [0.4, 0.5) is 0 Å². The van der Waals surface area contributed by atoms with E-state index < -0.39 is 86.8 Å². The summed E-state index contributed by atoms with van der Waals surface area (Å²) in [5.74, 6) is -0.242. The molecule has 2 aliphatic heterocycles. The van der Waals surface area contributed by atoms with Gasteiger partial charge in [0.1, 0.15) is 48.8 Å². The second kappa shape index (κ2) is 56.5. The lowest BCUT2D eigenvalue weighted by atomic mass is 9.97. The molecule has 0 aromatic rings. The number of aliphatic hydroxyl groups is 8. The van der Waals surface area contributed by atoms with E-state index >= 15 is 0 Å². The van der Waals surface area contributed by atoms with Crippen LogP contribution in [0, 0.1) is 0 Å². The molecule has 502 valence electrons. The fraction of sp³-hybridized carbons (Fsp3) is 0.930. The zero-order valence-electron chi connectivity index (χ0n) is 54.6. The van der Waals surface area contributed by atoms with Crippen LogP contribution in [0.5, 0.6) is 0 Å². The van der Waals surface area contributed by atoms with Gasteiger partial charge in [-0.05, 0) is 32.1 Å². The third-order valence-electron chi connectivity index (χ3n) is 17.9. The first-order chi connectivity index (χ1) is 41.6. The Morgan fingerprint density at radius 2 is 0.753 bits per heavy atom. The number of carbonyl (C=O) groups is 1. The molecule has 0 aromatic heterocycles. The zero-order valence-corrected chi connectivity index (χ0v) is 54.6. The number of carbonyl (C=O) groups excluding carboxylic acids is 1. The molecule has 14 nitrogen and oxygen atoms in total. The van der Waals surface area contributed by atoms with E-state index in [0.717, 1.165) is 32.1 Å². The quantitative estimate of drug-likeness (QED) is 0.0204. The van der Waals surface area contributed by atoms with Gasteiger partial charge in [-0.25, -0.2) is 0 Å². The summed E-state index contributed by atoms with van der Waals surface area (Å²) >= 11 is 0. The van der Waals surface area contributed by atoms with Crippen molar-refractivity contribution in [1.82, 2.24) is 5.32 Å². The standard InChI is InChI=1S/C71H135NO13/c1-3-5-7-9-11-13-15-17-19-21-23-24-25-26-27-28-29-30-31-32-33-34-35-37-39-41-43-45-47-49-51-53-55-63(76)72-59(60(75)54-52-50-48-46-44-42-40-38-36-22-20-18-16-14-12-10-8-6-4-2)58-82-70-68(81)66(79)69(62(57-74)84-70)85-71-67(80)65(78)64(77)61(56-73)83-71/h44,46,52,54,59-62,64-71,73-75,77-81H,3-43,45,47-51,53,55-58H2,1-2H3,(H,72,76)/b46-44+,54-52+. The van der Waals surface area contributed by atoms with Crippen LogP contribution >= 0.6 is 0 Å². The van der Waals surface area contributed by atoms with Gasteiger partial charge in [0, 0.05) is 6.42 Å². The molecule has 2 fully saturated rings. The normalized spacial score (nSPS) is 23.6. The number of unbranched alkanes of at least 4 members (excludes halogenated alkanes) is 45. The largest absolute Gasteiger partial charge is 0.394 e. The number of hydrogen-bond acceptors (Lipinski definition) is 13. The first-order valence-corrected chi connectivity index (χ1v) is 36.1. The first-order valence-electron chi connectivity index (χ1n) is 36.1. The highest BCUT2D eigenvalue weighted by molar-refractivity contribution is 5.76. The van der Waals surface area contributed by atoms with Gasteiger partial charge in [-0.15, -0.1) is 0 Å². The van der Waals surface area contributed by atoms with Crippen molar-refractivity contribution in [2.75, 3.05) is 19.8 Å². The lowest BCUT2D eigenvalue weighted by Gasteiger charge is -2.46. The lowest BCUT2D eigenvalue weighted by molar-refractivity contribution is -0.359. The summed E-state index contributed by atoms with van der Waals surface area (Å²) in [6, 6.07) is -0.929. The molecule has 0 spiro atoms. The molecule has 2 saturated heterocycles. The van der Waals surface area contributed by atoms with Crippen molar-refractivity contribution in [3.63, 3.8) is 0 Å². The molecular formula is C71H135NO13. The van der Waals surface area contributed by atoms with Crippen molar-refractivity contribution < 1.29 is 64.6 Å². The Balaban J connectivity index is 1.64. The second-order valence-corrected chi connectivity index (χ2v) is 25.7. The van der Waals surface area contributed by atoms with Crippen molar-refractivity contribution in [2.24, 2.45) is 0 Å². The second-order valence-electron chi connectivity index (χ2n) is 25.7. The lowest BCUT2D eigenvalue weighted by Crippen LogP contribution is -2.65. The summed E-state index contributed by atoms with van der Waals surface area (Å²) in [7, 11) is 0. The summed E-state index contributed by atoms with van der Waals surface area (Å²) in [5, 5.41) is 87.4. The van der Waals surface area contributed by atoms with Crippen molar-refractivity contribution in [3.8, 4) is 0 Å². The van der Waals surface area contributed by atoms with E-state index in [9.17, 15) is 45.6 Å². The maximum atomic E-state index is 13.3. The molecule has 0 radical (unpaired) electrons. The highest BCUT2D eigenvalue weighted by Gasteiger charge is 2.51. The predicted molar refractivity (Wildman–Crippen MR) is 346 cm³/mol. The average Bonchev–Trinajstić information content (AvgIpc) is 3.70. The molecule has 12 unspecified atom stereocenters. The van der Waals surface area contributed by atoms with E-state index in [0.29, 0.717) is 12.8 Å². The molecule has 0 aromatic carbocycles. The Morgan fingerprint density at radius 1 is 0.412 bits per heavy atom.